The molecule has 2 amide bonds. The lowest BCUT2D eigenvalue weighted by Gasteiger charge is -2.32. The first kappa shape index (κ1) is 31.2. The molecule has 1 aliphatic rings. The maximum absolute atomic E-state index is 13.5. The second kappa shape index (κ2) is 13.8. The molecule has 1 unspecified atom stereocenters. The van der Waals surface area contributed by atoms with Crippen molar-refractivity contribution in [2.45, 2.75) is 89.2 Å². The van der Waals surface area contributed by atoms with Gasteiger partial charge in [0.15, 0.2) is 0 Å². The second-order valence-corrected chi connectivity index (χ2v) is 11.0. The third-order valence-electron chi connectivity index (χ3n) is 6.38. The Kier molecular flexibility index (Phi) is 10.8. The highest BCUT2D eigenvalue weighted by molar-refractivity contribution is 5.91. The Morgan fingerprint density at radius 2 is 1.90 bits per heavy atom. The molecule has 220 valence electrons. The molecule has 0 aliphatic heterocycles. The van der Waals surface area contributed by atoms with E-state index in [0.717, 1.165) is 31.7 Å². The quantitative estimate of drug-likeness (QED) is 0.230. The summed E-state index contributed by atoms with van der Waals surface area (Å²) in [7, 11) is 0. The number of amides is 2. The number of carbonyl (C=O) groups excluding carboxylic acids is 2. The van der Waals surface area contributed by atoms with E-state index in [0.29, 0.717) is 30.5 Å². The summed E-state index contributed by atoms with van der Waals surface area (Å²) in [6.45, 7) is 9.23. The Morgan fingerprint density at radius 1 is 1.18 bits per heavy atom. The van der Waals surface area contributed by atoms with Gasteiger partial charge in [-0.1, -0.05) is 24.3 Å². The number of nitrogens with one attached hydrogen (secondary N) is 3. The van der Waals surface area contributed by atoms with E-state index in [1.165, 1.54) is 0 Å². The van der Waals surface area contributed by atoms with Gasteiger partial charge >= 0.3 is 12.3 Å². The molecule has 3 rings (SSSR count). The van der Waals surface area contributed by atoms with Crippen molar-refractivity contribution in [2.24, 2.45) is 0 Å². The lowest BCUT2D eigenvalue weighted by Crippen LogP contribution is -2.53. The number of unbranched alkanes of at least 4 members (excludes halogenated alkanes) is 1. The number of halogens is 3. The fraction of sp³-hybridized carbons (Fsp3) is 0.552. The van der Waals surface area contributed by atoms with Gasteiger partial charge in [-0.2, -0.15) is 13.2 Å². The van der Waals surface area contributed by atoms with Gasteiger partial charge in [0.2, 0.25) is 5.91 Å². The average molecular weight is 565 g/mol. The van der Waals surface area contributed by atoms with Crippen LogP contribution in [0.25, 0.3) is 10.9 Å². The molecule has 0 radical (unpaired) electrons. The number of para-hydroxylation sites is 1. The average Bonchev–Trinajstić information content (AvgIpc) is 2.86. The SMILES string of the molecule is C=CCCCOCC(NC(=O)OC(C)(C)C)C(=O)N[C@@H]1CCC[C@H](Nc2cc(C(F)(F)F)nc3ccccc23)C1. The molecule has 0 spiro atoms. The number of benzene rings is 1. The molecular weight excluding hydrogens is 525 g/mol. The van der Waals surface area contributed by atoms with E-state index in [2.05, 4.69) is 27.5 Å². The van der Waals surface area contributed by atoms with E-state index in [1.54, 1.807) is 51.1 Å². The zero-order valence-electron chi connectivity index (χ0n) is 23.3. The highest BCUT2D eigenvalue weighted by atomic mass is 19.4. The van der Waals surface area contributed by atoms with E-state index in [4.69, 9.17) is 9.47 Å². The summed E-state index contributed by atoms with van der Waals surface area (Å²) in [6.07, 6.45) is 0.680. The molecule has 1 aliphatic carbocycles. The number of fused-ring (bicyclic) bond motifs is 1. The van der Waals surface area contributed by atoms with Gasteiger partial charge in [0, 0.05) is 29.8 Å². The number of pyridine rings is 1. The van der Waals surface area contributed by atoms with Crippen LogP contribution in [0, 0.1) is 0 Å². The smallest absolute Gasteiger partial charge is 0.433 e. The number of alkyl halides is 3. The third kappa shape index (κ3) is 9.69. The second-order valence-electron chi connectivity index (χ2n) is 11.0. The van der Waals surface area contributed by atoms with Crippen LogP contribution in [0.4, 0.5) is 23.7 Å². The molecule has 11 heteroatoms. The van der Waals surface area contributed by atoms with E-state index >= 15 is 0 Å². The Balaban J connectivity index is 1.67. The van der Waals surface area contributed by atoms with Gasteiger partial charge in [-0.3, -0.25) is 4.79 Å². The number of aromatic nitrogens is 1. The van der Waals surface area contributed by atoms with E-state index in [1.807, 2.05) is 0 Å². The largest absolute Gasteiger partial charge is 0.444 e. The molecule has 1 aromatic carbocycles. The Bertz CT molecular complexity index is 1170. The van der Waals surface area contributed by atoms with Crippen LogP contribution in [-0.2, 0) is 20.4 Å². The highest BCUT2D eigenvalue weighted by Gasteiger charge is 2.34. The van der Waals surface area contributed by atoms with Gasteiger partial charge in [-0.05, 0) is 71.4 Å². The molecule has 8 nitrogen and oxygen atoms in total. The zero-order chi connectivity index (χ0) is 29.3. The van der Waals surface area contributed by atoms with Crippen molar-refractivity contribution in [3.05, 3.63) is 48.7 Å². The van der Waals surface area contributed by atoms with E-state index < -0.39 is 35.5 Å². The molecule has 40 heavy (non-hydrogen) atoms. The molecule has 1 fully saturated rings. The van der Waals surface area contributed by atoms with Crippen LogP contribution in [0.2, 0.25) is 0 Å². The van der Waals surface area contributed by atoms with Crippen molar-refractivity contribution in [3.63, 3.8) is 0 Å². The molecular formula is C29H39F3N4O4. The van der Waals surface area contributed by atoms with E-state index in [-0.39, 0.29) is 24.2 Å². The molecule has 3 N–H and O–H groups in total. The first-order valence-corrected chi connectivity index (χ1v) is 13.6. The Morgan fingerprint density at radius 3 is 2.60 bits per heavy atom. The number of hydrogen-bond donors (Lipinski definition) is 3. The lowest BCUT2D eigenvalue weighted by molar-refractivity contribution is -0.140. The molecule has 1 heterocycles. The van der Waals surface area contributed by atoms with Crippen LogP contribution in [0.1, 0.15) is 65.0 Å². The molecule has 1 saturated carbocycles. The van der Waals surface area contributed by atoms with Gasteiger partial charge in [-0.15, -0.1) is 6.58 Å². The number of allylic oxidation sites excluding steroid dienone is 1. The molecule has 3 atom stereocenters. The summed E-state index contributed by atoms with van der Waals surface area (Å²) < 4.78 is 51.4. The van der Waals surface area contributed by atoms with E-state index in [9.17, 15) is 22.8 Å². The Labute approximate surface area is 233 Å². The molecule has 1 aromatic heterocycles. The van der Waals surface area contributed by atoms with Crippen molar-refractivity contribution >= 4 is 28.6 Å². The highest BCUT2D eigenvalue weighted by Crippen LogP contribution is 2.34. The first-order chi connectivity index (χ1) is 18.9. The summed E-state index contributed by atoms with van der Waals surface area (Å²) in [4.78, 5) is 29.4. The summed E-state index contributed by atoms with van der Waals surface area (Å²) in [6, 6.07) is 6.35. The predicted molar refractivity (Wildman–Crippen MR) is 148 cm³/mol. The van der Waals surface area contributed by atoms with Gasteiger partial charge < -0.3 is 25.4 Å². The summed E-state index contributed by atoms with van der Waals surface area (Å²) in [5, 5.41) is 9.45. The van der Waals surface area contributed by atoms with Gasteiger partial charge in [0.1, 0.15) is 17.3 Å². The van der Waals surface area contributed by atoms with Gasteiger partial charge in [-0.25, -0.2) is 9.78 Å². The minimum atomic E-state index is -4.58. The van der Waals surface area contributed by atoms with Crippen LogP contribution < -0.4 is 16.0 Å². The lowest BCUT2D eigenvalue weighted by atomic mass is 9.90. The van der Waals surface area contributed by atoms with Crippen molar-refractivity contribution in [2.75, 3.05) is 18.5 Å². The maximum atomic E-state index is 13.5. The normalized spacial score (nSPS) is 18.6. The van der Waals surface area contributed by atoms with Crippen LogP contribution in [0.5, 0.6) is 0 Å². The maximum Gasteiger partial charge on any atom is 0.433 e. The van der Waals surface area contributed by atoms with Crippen LogP contribution in [0.15, 0.2) is 43.0 Å². The zero-order valence-corrected chi connectivity index (χ0v) is 23.3. The minimum Gasteiger partial charge on any atom is -0.444 e. The van der Waals surface area contributed by atoms with Crippen LogP contribution >= 0.6 is 0 Å². The van der Waals surface area contributed by atoms with Gasteiger partial charge in [0.25, 0.3) is 0 Å². The Hall–Kier alpha value is -3.34. The summed E-state index contributed by atoms with van der Waals surface area (Å²) in [5.74, 6) is -0.408. The number of nitrogens with zero attached hydrogens (tertiary/aromatic N) is 1. The number of ether oxygens (including phenoxy) is 2. The summed E-state index contributed by atoms with van der Waals surface area (Å²) in [5.41, 5.74) is -1.09. The fourth-order valence-electron chi connectivity index (χ4n) is 4.58. The molecule has 0 saturated heterocycles. The van der Waals surface area contributed by atoms with Crippen molar-refractivity contribution < 1.29 is 32.2 Å². The third-order valence-corrected chi connectivity index (χ3v) is 6.38. The van der Waals surface area contributed by atoms with Crippen molar-refractivity contribution in [3.8, 4) is 0 Å². The predicted octanol–water partition coefficient (Wildman–Crippen LogP) is 5.97. The monoisotopic (exact) mass is 564 g/mol. The van der Waals surface area contributed by atoms with Crippen LogP contribution in [-0.4, -0.2) is 53.9 Å². The first-order valence-electron chi connectivity index (χ1n) is 13.6. The fourth-order valence-corrected chi connectivity index (χ4v) is 4.58. The van der Waals surface area contributed by atoms with Crippen LogP contribution in [0.3, 0.4) is 0 Å². The van der Waals surface area contributed by atoms with Gasteiger partial charge in [0.05, 0.1) is 12.1 Å². The molecule has 0 bridgehead atoms. The minimum absolute atomic E-state index is 0.0279. The number of alkyl carbamates (subject to hydrolysis) is 1. The van der Waals surface area contributed by atoms with Crippen molar-refractivity contribution in [1.82, 2.24) is 15.6 Å². The van der Waals surface area contributed by atoms with Crippen molar-refractivity contribution in [1.29, 1.82) is 0 Å². The number of carbonyl (C=O) groups is 2. The number of rotatable bonds is 11. The standard InChI is InChI=1S/C29H39F3N4O4/c1-5-6-9-15-39-18-24(36-27(38)40-28(2,3)4)26(37)34-20-12-10-11-19(16-20)33-23-17-25(29(30,31)32)35-22-14-8-7-13-21(22)23/h5,7-8,13-14,17,19-20,24H,1,6,9-12,15-16,18H2,2-4H3,(H,33,35)(H,34,37)(H,36,38)/t19-,20+,24?/m0/s1. The molecule has 2 aromatic rings. The summed E-state index contributed by atoms with van der Waals surface area (Å²) >= 11 is 0. The number of anilines is 1. The topological polar surface area (TPSA) is 102 Å². The number of hydrogen-bond acceptors (Lipinski definition) is 6.